The lowest BCUT2D eigenvalue weighted by atomic mass is 9.72. The van der Waals surface area contributed by atoms with E-state index < -0.39 is 0 Å². The maximum Gasteiger partial charge on any atom is 0.142 e. The molecule has 17 heavy (non-hydrogen) atoms. The molecule has 0 heterocycles. The lowest BCUT2D eigenvalue weighted by Crippen LogP contribution is -2.52. The van der Waals surface area contributed by atoms with Gasteiger partial charge in [0.05, 0.1) is 16.1 Å². The maximum atomic E-state index is 14.1. The van der Waals surface area contributed by atoms with Crippen LogP contribution in [0.1, 0.15) is 30.9 Å². The smallest absolute Gasteiger partial charge is 0.142 e. The molecule has 1 aromatic carbocycles. The van der Waals surface area contributed by atoms with Crippen LogP contribution in [0.4, 0.5) is 4.39 Å². The number of hydrogen-bond donors (Lipinski definition) is 2. The van der Waals surface area contributed by atoms with Gasteiger partial charge in [-0.3, -0.25) is 5.84 Å². The molecule has 1 aliphatic carbocycles. The SMILES string of the molecule is COC1(C(NN)c2cccc(Br)c2F)CCC1. The average molecular weight is 303 g/mol. The molecule has 94 valence electrons. The monoisotopic (exact) mass is 302 g/mol. The van der Waals surface area contributed by atoms with Gasteiger partial charge in [-0.1, -0.05) is 12.1 Å². The van der Waals surface area contributed by atoms with E-state index in [1.165, 1.54) is 0 Å². The molecular formula is C12H16BrFN2O. The first-order chi connectivity index (χ1) is 8.14. The third-order valence-electron chi connectivity index (χ3n) is 3.59. The zero-order valence-electron chi connectivity index (χ0n) is 9.67. The highest BCUT2D eigenvalue weighted by atomic mass is 79.9. The highest BCUT2D eigenvalue weighted by molar-refractivity contribution is 9.10. The summed E-state index contributed by atoms with van der Waals surface area (Å²) in [5.74, 6) is 5.30. The van der Waals surface area contributed by atoms with Gasteiger partial charge in [0, 0.05) is 12.7 Å². The Bertz CT molecular complexity index is 404. The Labute approximate surface area is 109 Å². The Hall–Kier alpha value is -0.490. The zero-order valence-corrected chi connectivity index (χ0v) is 11.3. The van der Waals surface area contributed by atoms with Gasteiger partial charge in [-0.05, 0) is 41.3 Å². The molecule has 3 N–H and O–H groups in total. The van der Waals surface area contributed by atoms with Crippen LogP contribution in [-0.2, 0) is 4.74 Å². The molecule has 3 nitrogen and oxygen atoms in total. The molecule has 0 amide bonds. The second-order valence-corrected chi connectivity index (χ2v) is 5.22. The molecule has 5 heteroatoms. The molecule has 0 bridgehead atoms. The first-order valence-corrected chi connectivity index (χ1v) is 6.39. The van der Waals surface area contributed by atoms with Gasteiger partial charge in [0.2, 0.25) is 0 Å². The fourth-order valence-electron chi connectivity index (χ4n) is 2.40. The average Bonchev–Trinajstić information content (AvgIpc) is 2.28. The van der Waals surface area contributed by atoms with Crippen molar-refractivity contribution in [3.63, 3.8) is 0 Å². The van der Waals surface area contributed by atoms with Crippen LogP contribution < -0.4 is 11.3 Å². The summed E-state index contributed by atoms with van der Waals surface area (Å²) in [5.41, 5.74) is 2.86. The summed E-state index contributed by atoms with van der Waals surface area (Å²) in [4.78, 5) is 0. The first-order valence-electron chi connectivity index (χ1n) is 5.60. The quantitative estimate of drug-likeness (QED) is 0.664. The van der Waals surface area contributed by atoms with Gasteiger partial charge >= 0.3 is 0 Å². The highest BCUT2D eigenvalue weighted by Crippen LogP contribution is 2.45. The van der Waals surface area contributed by atoms with Crippen molar-refractivity contribution in [3.8, 4) is 0 Å². The van der Waals surface area contributed by atoms with Gasteiger partial charge in [-0.25, -0.2) is 9.82 Å². The minimum Gasteiger partial charge on any atom is -0.376 e. The number of hydrazine groups is 1. The van der Waals surface area contributed by atoms with Gasteiger partial charge in [0.25, 0.3) is 0 Å². The number of halogens is 2. The number of hydrogen-bond acceptors (Lipinski definition) is 3. The minimum atomic E-state index is -0.379. The maximum absolute atomic E-state index is 14.1. The van der Waals surface area contributed by atoms with E-state index in [0.717, 1.165) is 19.3 Å². The summed E-state index contributed by atoms with van der Waals surface area (Å²) in [6, 6.07) is 4.89. The van der Waals surface area contributed by atoms with Gasteiger partial charge in [0.1, 0.15) is 5.82 Å². The largest absolute Gasteiger partial charge is 0.376 e. The number of rotatable bonds is 4. The van der Waals surface area contributed by atoms with Crippen molar-refractivity contribution in [2.24, 2.45) is 5.84 Å². The normalized spacial score (nSPS) is 19.8. The Morgan fingerprint density at radius 2 is 2.24 bits per heavy atom. The number of benzene rings is 1. The topological polar surface area (TPSA) is 47.3 Å². The van der Waals surface area contributed by atoms with Crippen molar-refractivity contribution in [1.82, 2.24) is 5.43 Å². The highest BCUT2D eigenvalue weighted by Gasteiger charge is 2.45. The summed E-state index contributed by atoms with van der Waals surface area (Å²) in [6.45, 7) is 0. The summed E-state index contributed by atoms with van der Waals surface area (Å²) in [5, 5.41) is 0. The predicted molar refractivity (Wildman–Crippen MR) is 67.8 cm³/mol. The number of nitrogens with two attached hydrogens (primary N) is 1. The Balaban J connectivity index is 2.38. The summed E-state index contributed by atoms with van der Waals surface area (Å²) >= 11 is 3.19. The van der Waals surface area contributed by atoms with E-state index >= 15 is 0 Å². The molecule has 1 aliphatic rings. The summed E-state index contributed by atoms with van der Waals surface area (Å²) in [7, 11) is 1.65. The van der Waals surface area contributed by atoms with Crippen molar-refractivity contribution in [3.05, 3.63) is 34.1 Å². The van der Waals surface area contributed by atoms with Crippen LogP contribution in [0.2, 0.25) is 0 Å². The summed E-state index contributed by atoms with van der Waals surface area (Å²) < 4.78 is 20.1. The van der Waals surface area contributed by atoms with Crippen LogP contribution >= 0.6 is 15.9 Å². The van der Waals surface area contributed by atoms with E-state index in [2.05, 4.69) is 21.4 Å². The van der Waals surface area contributed by atoms with Gasteiger partial charge < -0.3 is 4.74 Å². The lowest BCUT2D eigenvalue weighted by molar-refractivity contribution is -0.101. The molecule has 1 aromatic rings. The van der Waals surface area contributed by atoms with E-state index in [1.807, 2.05) is 0 Å². The molecule has 1 fully saturated rings. The Morgan fingerprint density at radius 3 is 2.71 bits per heavy atom. The molecule has 0 aliphatic heterocycles. The molecule has 1 unspecified atom stereocenters. The van der Waals surface area contributed by atoms with Crippen LogP contribution in [0, 0.1) is 5.82 Å². The van der Waals surface area contributed by atoms with Crippen molar-refractivity contribution < 1.29 is 9.13 Å². The third kappa shape index (κ3) is 2.12. The van der Waals surface area contributed by atoms with Gasteiger partial charge in [-0.2, -0.15) is 0 Å². The van der Waals surface area contributed by atoms with Crippen LogP contribution in [0.25, 0.3) is 0 Å². The van der Waals surface area contributed by atoms with Gasteiger partial charge in [-0.15, -0.1) is 0 Å². The van der Waals surface area contributed by atoms with Crippen molar-refractivity contribution >= 4 is 15.9 Å². The lowest BCUT2D eigenvalue weighted by Gasteiger charge is -2.46. The molecule has 2 rings (SSSR count). The number of ether oxygens (including phenoxy) is 1. The minimum absolute atomic E-state index is 0.279. The van der Waals surface area contributed by atoms with E-state index in [4.69, 9.17) is 10.6 Å². The molecule has 1 atom stereocenters. The van der Waals surface area contributed by atoms with E-state index in [1.54, 1.807) is 25.3 Å². The molecule has 0 spiro atoms. The Kier molecular flexibility index (Phi) is 3.82. The first kappa shape index (κ1) is 13.0. The second kappa shape index (κ2) is 5.02. The standard InChI is InChI=1S/C12H16BrFN2O/c1-17-12(6-3-7-12)11(16-15)8-4-2-5-9(13)10(8)14/h2,4-5,11,16H,3,6-7,15H2,1H3. The molecule has 0 radical (unpaired) electrons. The van der Waals surface area contributed by atoms with Crippen LogP contribution in [0.15, 0.2) is 22.7 Å². The summed E-state index contributed by atoms with van der Waals surface area (Å²) in [6.07, 6.45) is 2.87. The molecular weight excluding hydrogens is 287 g/mol. The van der Waals surface area contributed by atoms with Crippen LogP contribution in [-0.4, -0.2) is 12.7 Å². The molecule has 0 aromatic heterocycles. The Morgan fingerprint density at radius 1 is 1.53 bits per heavy atom. The zero-order chi connectivity index (χ0) is 12.5. The fraction of sp³-hybridized carbons (Fsp3) is 0.500. The van der Waals surface area contributed by atoms with E-state index in [-0.39, 0.29) is 17.5 Å². The number of methoxy groups -OCH3 is 1. The number of nitrogens with one attached hydrogen (secondary N) is 1. The van der Waals surface area contributed by atoms with Crippen LogP contribution in [0.5, 0.6) is 0 Å². The predicted octanol–water partition coefficient (Wildman–Crippen LogP) is 2.66. The van der Waals surface area contributed by atoms with E-state index in [0.29, 0.717) is 10.0 Å². The molecule has 0 saturated heterocycles. The van der Waals surface area contributed by atoms with Crippen molar-refractivity contribution in [2.45, 2.75) is 30.9 Å². The van der Waals surface area contributed by atoms with Crippen molar-refractivity contribution in [2.75, 3.05) is 7.11 Å². The second-order valence-electron chi connectivity index (χ2n) is 4.37. The van der Waals surface area contributed by atoms with Crippen molar-refractivity contribution in [1.29, 1.82) is 0 Å². The van der Waals surface area contributed by atoms with E-state index in [9.17, 15) is 4.39 Å². The molecule has 1 saturated carbocycles. The van der Waals surface area contributed by atoms with Gasteiger partial charge in [0.15, 0.2) is 0 Å². The fourth-order valence-corrected chi connectivity index (χ4v) is 2.79. The third-order valence-corrected chi connectivity index (χ3v) is 4.20. The van der Waals surface area contributed by atoms with Crippen LogP contribution in [0.3, 0.4) is 0 Å².